The van der Waals surface area contributed by atoms with Crippen molar-refractivity contribution >= 4 is 26.0 Å². The normalized spacial score (nSPS) is 14.7. The standard InChI is InChI=1S/C28H33N3O7S2/c1-2-38-25-10-14-27(15-11-25)40(35,36)31(21-24-6-4-3-5-7-24)22-28(32)29-20-23-8-12-26(13-9-23)39(33,34)30-16-18-37-19-17-30/h3-15H,2,16-22H2,1H3,(H,29,32). The molecular formula is C28H33N3O7S2. The van der Waals surface area contributed by atoms with Crippen molar-refractivity contribution in [3.63, 3.8) is 0 Å². The van der Waals surface area contributed by atoms with Crippen LogP contribution in [-0.2, 0) is 42.7 Å². The maximum atomic E-state index is 13.5. The van der Waals surface area contributed by atoms with Crippen LogP contribution in [0.2, 0.25) is 0 Å². The number of hydrogen-bond donors (Lipinski definition) is 1. The van der Waals surface area contributed by atoms with Crippen molar-refractivity contribution in [1.82, 2.24) is 13.9 Å². The Morgan fingerprint density at radius 2 is 1.50 bits per heavy atom. The molecule has 1 N–H and O–H groups in total. The van der Waals surface area contributed by atoms with E-state index < -0.39 is 32.5 Å². The van der Waals surface area contributed by atoms with Crippen LogP contribution in [-0.4, -0.2) is 70.8 Å². The molecule has 0 spiro atoms. The first kappa shape index (κ1) is 29.7. The van der Waals surface area contributed by atoms with Crippen LogP contribution in [0.15, 0.2) is 88.7 Å². The van der Waals surface area contributed by atoms with Crippen molar-refractivity contribution in [1.29, 1.82) is 0 Å². The Kier molecular flexibility index (Phi) is 9.93. The highest BCUT2D eigenvalue weighted by atomic mass is 32.2. The number of ether oxygens (including phenoxy) is 2. The van der Waals surface area contributed by atoms with Crippen LogP contribution in [0.25, 0.3) is 0 Å². The van der Waals surface area contributed by atoms with E-state index >= 15 is 0 Å². The van der Waals surface area contributed by atoms with Crippen LogP contribution < -0.4 is 10.1 Å². The predicted molar refractivity (Wildman–Crippen MR) is 150 cm³/mol. The van der Waals surface area contributed by atoms with E-state index in [1.165, 1.54) is 28.6 Å². The van der Waals surface area contributed by atoms with Gasteiger partial charge in [0.05, 0.1) is 36.2 Å². The van der Waals surface area contributed by atoms with Crippen molar-refractivity contribution in [3.8, 4) is 5.75 Å². The fourth-order valence-corrected chi connectivity index (χ4v) is 6.96. The van der Waals surface area contributed by atoms with Crippen molar-refractivity contribution in [2.45, 2.75) is 29.8 Å². The number of nitrogens with one attached hydrogen (secondary N) is 1. The number of rotatable bonds is 12. The number of sulfonamides is 2. The summed E-state index contributed by atoms with van der Waals surface area (Å²) in [7, 11) is -7.62. The van der Waals surface area contributed by atoms with Crippen LogP contribution in [0, 0.1) is 0 Å². The molecule has 3 aromatic carbocycles. The highest BCUT2D eigenvalue weighted by Crippen LogP contribution is 2.22. The third kappa shape index (κ3) is 7.46. The summed E-state index contributed by atoms with van der Waals surface area (Å²) < 4.78 is 65.8. The van der Waals surface area contributed by atoms with Crippen molar-refractivity contribution < 1.29 is 31.1 Å². The van der Waals surface area contributed by atoms with Crippen molar-refractivity contribution in [2.24, 2.45) is 0 Å². The monoisotopic (exact) mass is 587 g/mol. The Bertz CT molecular complexity index is 1470. The van der Waals surface area contributed by atoms with E-state index in [0.717, 1.165) is 9.87 Å². The largest absolute Gasteiger partial charge is 0.494 e. The van der Waals surface area contributed by atoms with Gasteiger partial charge in [0.1, 0.15) is 5.75 Å². The van der Waals surface area contributed by atoms with Gasteiger partial charge < -0.3 is 14.8 Å². The molecule has 12 heteroatoms. The molecule has 0 aromatic heterocycles. The summed E-state index contributed by atoms with van der Waals surface area (Å²) in [6.45, 7) is 3.35. The number of morpholine rings is 1. The third-order valence-corrected chi connectivity index (χ3v) is 10.0. The minimum atomic E-state index is -4.01. The van der Waals surface area contributed by atoms with Gasteiger partial charge in [0.2, 0.25) is 26.0 Å². The number of carbonyl (C=O) groups is 1. The minimum Gasteiger partial charge on any atom is -0.494 e. The summed E-state index contributed by atoms with van der Waals surface area (Å²) in [5.74, 6) is 0.0630. The van der Waals surface area contributed by atoms with Gasteiger partial charge in [-0.3, -0.25) is 4.79 Å². The molecule has 0 unspecified atom stereocenters. The summed E-state index contributed by atoms with van der Waals surface area (Å²) in [5.41, 5.74) is 1.42. The van der Waals surface area contributed by atoms with Crippen LogP contribution >= 0.6 is 0 Å². The molecule has 1 aliphatic heterocycles. The fourth-order valence-electron chi connectivity index (χ4n) is 4.17. The molecule has 0 radical (unpaired) electrons. The van der Waals surface area contributed by atoms with E-state index in [1.54, 1.807) is 48.5 Å². The van der Waals surface area contributed by atoms with Gasteiger partial charge in [0, 0.05) is 26.2 Å². The molecule has 1 heterocycles. The summed E-state index contributed by atoms with van der Waals surface area (Å²) in [4.78, 5) is 13.1. The summed E-state index contributed by atoms with van der Waals surface area (Å²) in [6, 6.07) is 21.4. The third-order valence-electron chi connectivity index (χ3n) is 6.32. The number of carbonyl (C=O) groups excluding carboxylic acids is 1. The topological polar surface area (TPSA) is 122 Å². The smallest absolute Gasteiger partial charge is 0.243 e. The van der Waals surface area contributed by atoms with Crippen LogP contribution in [0.1, 0.15) is 18.1 Å². The number of benzene rings is 3. The zero-order valence-corrected chi connectivity index (χ0v) is 23.9. The highest BCUT2D eigenvalue weighted by Gasteiger charge is 2.28. The van der Waals surface area contributed by atoms with E-state index in [-0.39, 0.29) is 22.9 Å². The Morgan fingerprint density at radius 1 is 0.875 bits per heavy atom. The molecular weight excluding hydrogens is 554 g/mol. The number of nitrogens with zero attached hydrogens (tertiary/aromatic N) is 2. The molecule has 3 aromatic rings. The lowest BCUT2D eigenvalue weighted by Gasteiger charge is -2.26. The SMILES string of the molecule is CCOc1ccc(S(=O)(=O)N(CC(=O)NCc2ccc(S(=O)(=O)N3CCOCC3)cc2)Cc2ccccc2)cc1. The van der Waals surface area contributed by atoms with E-state index in [4.69, 9.17) is 9.47 Å². The summed E-state index contributed by atoms with van der Waals surface area (Å²) in [6.07, 6.45) is 0. The van der Waals surface area contributed by atoms with Crippen molar-refractivity contribution in [3.05, 3.63) is 90.0 Å². The van der Waals surface area contributed by atoms with Gasteiger partial charge in [-0.1, -0.05) is 42.5 Å². The average Bonchev–Trinajstić information content (AvgIpc) is 2.97. The first-order valence-electron chi connectivity index (χ1n) is 12.9. The van der Waals surface area contributed by atoms with Crippen molar-refractivity contribution in [2.75, 3.05) is 39.5 Å². The van der Waals surface area contributed by atoms with Crippen LogP contribution in [0.5, 0.6) is 5.75 Å². The number of amides is 1. The Hall–Kier alpha value is -3.29. The van der Waals surface area contributed by atoms with Gasteiger partial charge in [0.25, 0.3) is 0 Å². The van der Waals surface area contributed by atoms with Crippen LogP contribution in [0.4, 0.5) is 0 Å². The van der Waals surface area contributed by atoms with Crippen LogP contribution in [0.3, 0.4) is 0 Å². The second-order valence-corrected chi connectivity index (χ2v) is 13.0. The maximum Gasteiger partial charge on any atom is 0.243 e. The minimum absolute atomic E-state index is 0.0118. The second kappa shape index (κ2) is 13.4. The summed E-state index contributed by atoms with van der Waals surface area (Å²) >= 11 is 0. The molecule has 1 fully saturated rings. The molecule has 10 nitrogen and oxygen atoms in total. The van der Waals surface area contributed by atoms with Gasteiger partial charge in [0.15, 0.2) is 0 Å². The molecule has 0 aliphatic carbocycles. The van der Waals surface area contributed by atoms with Gasteiger partial charge in [-0.25, -0.2) is 16.8 Å². The lowest BCUT2D eigenvalue weighted by molar-refractivity contribution is -0.121. The lowest BCUT2D eigenvalue weighted by Crippen LogP contribution is -2.40. The molecule has 1 amide bonds. The first-order valence-corrected chi connectivity index (χ1v) is 15.8. The lowest BCUT2D eigenvalue weighted by atomic mass is 10.2. The molecule has 1 saturated heterocycles. The molecule has 4 rings (SSSR count). The maximum absolute atomic E-state index is 13.5. The fraction of sp³-hybridized carbons (Fsp3) is 0.321. The molecule has 40 heavy (non-hydrogen) atoms. The van der Waals surface area contributed by atoms with Gasteiger partial charge in [-0.05, 0) is 54.4 Å². The Balaban J connectivity index is 1.43. The zero-order valence-electron chi connectivity index (χ0n) is 22.2. The van der Waals surface area contributed by atoms with E-state index in [9.17, 15) is 21.6 Å². The first-order chi connectivity index (χ1) is 19.2. The van der Waals surface area contributed by atoms with Gasteiger partial charge >= 0.3 is 0 Å². The second-order valence-electron chi connectivity index (χ2n) is 9.10. The van der Waals surface area contributed by atoms with E-state index in [0.29, 0.717) is 44.2 Å². The van der Waals surface area contributed by atoms with E-state index in [1.807, 2.05) is 13.0 Å². The Morgan fingerprint density at radius 3 is 2.12 bits per heavy atom. The molecule has 0 saturated carbocycles. The molecule has 0 atom stereocenters. The predicted octanol–water partition coefficient (Wildman–Crippen LogP) is 2.61. The quantitative estimate of drug-likeness (QED) is 0.346. The summed E-state index contributed by atoms with van der Waals surface area (Å²) in [5, 5.41) is 2.74. The highest BCUT2D eigenvalue weighted by molar-refractivity contribution is 7.89. The molecule has 0 bridgehead atoms. The van der Waals surface area contributed by atoms with Gasteiger partial charge in [-0.2, -0.15) is 8.61 Å². The Labute approximate surface area is 235 Å². The van der Waals surface area contributed by atoms with E-state index in [2.05, 4.69) is 5.32 Å². The molecule has 214 valence electrons. The molecule has 1 aliphatic rings. The van der Waals surface area contributed by atoms with Gasteiger partial charge in [-0.15, -0.1) is 0 Å². The zero-order chi connectivity index (χ0) is 28.6. The number of hydrogen-bond acceptors (Lipinski definition) is 7. The average molecular weight is 588 g/mol.